The van der Waals surface area contributed by atoms with E-state index in [1.807, 2.05) is 6.07 Å². The van der Waals surface area contributed by atoms with Crippen LogP contribution < -0.4 is 15.2 Å². The number of hydrogen-bond acceptors (Lipinski definition) is 3. The van der Waals surface area contributed by atoms with Gasteiger partial charge in [0.25, 0.3) is 0 Å². The van der Waals surface area contributed by atoms with Crippen LogP contribution in [-0.4, -0.2) is 19.7 Å². The van der Waals surface area contributed by atoms with Crippen molar-refractivity contribution in [3.8, 4) is 5.75 Å². The van der Waals surface area contributed by atoms with Crippen LogP contribution in [0, 0.1) is 6.92 Å². The molecule has 0 saturated carbocycles. The molecule has 138 valence electrons. The van der Waals surface area contributed by atoms with Gasteiger partial charge in [-0.3, -0.25) is 0 Å². The molecule has 0 atom stereocenters. The first-order valence-electron chi connectivity index (χ1n) is 9.75. The summed E-state index contributed by atoms with van der Waals surface area (Å²) in [6, 6.07) is 16.9. The van der Waals surface area contributed by atoms with Crippen molar-refractivity contribution in [2.45, 2.75) is 39.5 Å². The van der Waals surface area contributed by atoms with E-state index in [-0.39, 0.29) is 0 Å². The second kappa shape index (κ2) is 9.44. The Balaban J connectivity index is 1.57. The van der Waals surface area contributed by atoms with Crippen molar-refractivity contribution in [3.05, 3.63) is 65.2 Å². The molecule has 2 aromatic rings. The first kappa shape index (κ1) is 18.5. The van der Waals surface area contributed by atoms with Gasteiger partial charge in [0.2, 0.25) is 0 Å². The van der Waals surface area contributed by atoms with E-state index < -0.39 is 0 Å². The molecule has 1 saturated heterocycles. The Morgan fingerprint density at radius 3 is 2.69 bits per heavy atom. The predicted molar refractivity (Wildman–Crippen MR) is 111 cm³/mol. The van der Waals surface area contributed by atoms with E-state index in [4.69, 9.17) is 4.74 Å². The maximum absolute atomic E-state index is 5.94. The lowest BCUT2D eigenvalue weighted by atomic mass is 10.1. The molecular formula is C23H30N2O. The standard InChI is InChI=1S/C23H30N2O/c1-3-4-5-9-14-26-23-13-12-20(15-19(23)2)16-21-17-24-25(18-21)22-10-7-6-8-11-22/h6-8,10-13,15-16,24H,3-5,9,14,17-18H2,1-2H3. The third-order valence-electron chi connectivity index (χ3n) is 4.75. The molecule has 0 radical (unpaired) electrons. The number of ether oxygens (including phenoxy) is 1. The fraction of sp³-hybridized carbons (Fsp3) is 0.391. The van der Waals surface area contributed by atoms with Crippen molar-refractivity contribution in [1.82, 2.24) is 5.43 Å². The van der Waals surface area contributed by atoms with Crippen molar-refractivity contribution in [2.24, 2.45) is 0 Å². The number of benzene rings is 2. The molecule has 1 aliphatic rings. The summed E-state index contributed by atoms with van der Waals surface area (Å²) in [6.45, 7) is 6.99. The number of rotatable bonds is 8. The monoisotopic (exact) mass is 350 g/mol. The number of anilines is 1. The van der Waals surface area contributed by atoms with Gasteiger partial charge in [0.05, 0.1) is 18.8 Å². The second-order valence-electron chi connectivity index (χ2n) is 6.99. The summed E-state index contributed by atoms with van der Waals surface area (Å²) < 4.78 is 5.94. The van der Waals surface area contributed by atoms with Gasteiger partial charge in [-0.25, -0.2) is 5.43 Å². The highest BCUT2D eigenvalue weighted by molar-refractivity contribution is 5.59. The number of nitrogens with one attached hydrogen (secondary N) is 1. The molecule has 0 bridgehead atoms. The molecule has 1 aliphatic heterocycles. The highest BCUT2D eigenvalue weighted by Gasteiger charge is 2.16. The Bertz CT molecular complexity index is 724. The normalized spacial score (nSPS) is 15.6. The second-order valence-corrected chi connectivity index (χ2v) is 6.99. The maximum Gasteiger partial charge on any atom is 0.122 e. The predicted octanol–water partition coefficient (Wildman–Crippen LogP) is 5.36. The molecular weight excluding hydrogens is 320 g/mol. The van der Waals surface area contributed by atoms with E-state index in [0.29, 0.717) is 0 Å². The fourth-order valence-electron chi connectivity index (χ4n) is 3.27. The van der Waals surface area contributed by atoms with Gasteiger partial charge in [-0.2, -0.15) is 0 Å². The molecule has 0 aliphatic carbocycles. The van der Waals surface area contributed by atoms with Gasteiger partial charge in [0.15, 0.2) is 0 Å². The summed E-state index contributed by atoms with van der Waals surface area (Å²) in [6.07, 6.45) is 7.24. The summed E-state index contributed by atoms with van der Waals surface area (Å²) in [5.74, 6) is 1.01. The highest BCUT2D eigenvalue weighted by atomic mass is 16.5. The number of hydrogen-bond donors (Lipinski definition) is 1. The van der Waals surface area contributed by atoms with E-state index in [0.717, 1.165) is 31.9 Å². The van der Waals surface area contributed by atoms with Crippen LogP contribution in [0.4, 0.5) is 5.69 Å². The van der Waals surface area contributed by atoms with Crippen LogP contribution in [-0.2, 0) is 0 Å². The van der Waals surface area contributed by atoms with E-state index in [2.05, 4.69) is 72.8 Å². The van der Waals surface area contributed by atoms with Gasteiger partial charge in [-0.1, -0.05) is 56.5 Å². The largest absolute Gasteiger partial charge is 0.493 e. The van der Waals surface area contributed by atoms with Gasteiger partial charge >= 0.3 is 0 Å². The zero-order chi connectivity index (χ0) is 18.2. The molecule has 3 heteroatoms. The lowest BCUT2D eigenvalue weighted by Gasteiger charge is -2.16. The van der Waals surface area contributed by atoms with Gasteiger partial charge < -0.3 is 9.75 Å². The number of para-hydroxylation sites is 1. The van der Waals surface area contributed by atoms with Gasteiger partial charge in [-0.15, -0.1) is 0 Å². The van der Waals surface area contributed by atoms with E-state index in [1.54, 1.807) is 0 Å². The van der Waals surface area contributed by atoms with Crippen LogP contribution in [0.3, 0.4) is 0 Å². The summed E-state index contributed by atoms with van der Waals surface area (Å²) in [4.78, 5) is 0. The first-order valence-corrected chi connectivity index (χ1v) is 9.75. The van der Waals surface area contributed by atoms with Crippen LogP contribution in [0.5, 0.6) is 5.75 Å². The van der Waals surface area contributed by atoms with E-state index >= 15 is 0 Å². The number of unbranched alkanes of at least 4 members (excludes halogenated alkanes) is 3. The van der Waals surface area contributed by atoms with Crippen LogP contribution in [0.25, 0.3) is 6.08 Å². The third-order valence-corrected chi connectivity index (χ3v) is 4.75. The van der Waals surface area contributed by atoms with Crippen molar-refractivity contribution in [3.63, 3.8) is 0 Å². The van der Waals surface area contributed by atoms with Crippen molar-refractivity contribution in [2.75, 3.05) is 24.7 Å². The minimum atomic E-state index is 0.817. The number of hydrazine groups is 1. The minimum absolute atomic E-state index is 0.817. The van der Waals surface area contributed by atoms with E-state index in [9.17, 15) is 0 Å². The summed E-state index contributed by atoms with van der Waals surface area (Å²) in [7, 11) is 0. The SMILES string of the molecule is CCCCCCOc1ccc(C=C2CNN(c3ccccc3)C2)cc1C. The molecule has 26 heavy (non-hydrogen) atoms. The minimum Gasteiger partial charge on any atom is -0.493 e. The molecule has 3 rings (SSSR count). The Kier molecular flexibility index (Phi) is 6.73. The smallest absolute Gasteiger partial charge is 0.122 e. The Hall–Kier alpha value is -2.26. The molecule has 1 fully saturated rings. The fourth-order valence-corrected chi connectivity index (χ4v) is 3.27. The Labute approximate surface area is 157 Å². The molecule has 3 nitrogen and oxygen atoms in total. The topological polar surface area (TPSA) is 24.5 Å². The molecule has 1 heterocycles. The molecule has 1 N–H and O–H groups in total. The van der Waals surface area contributed by atoms with Gasteiger partial charge in [-0.05, 0) is 54.3 Å². The van der Waals surface area contributed by atoms with Gasteiger partial charge in [0.1, 0.15) is 5.75 Å². The number of aryl methyl sites for hydroxylation is 1. The first-order chi connectivity index (χ1) is 12.8. The third kappa shape index (κ3) is 5.12. The number of nitrogens with zero attached hydrogens (tertiary/aromatic N) is 1. The molecule has 0 amide bonds. The quantitative estimate of drug-likeness (QED) is 0.648. The molecule has 0 aromatic heterocycles. The van der Waals surface area contributed by atoms with Crippen molar-refractivity contribution < 1.29 is 4.74 Å². The highest BCUT2D eigenvalue weighted by Crippen LogP contribution is 2.23. The molecule has 2 aromatic carbocycles. The van der Waals surface area contributed by atoms with Crippen LogP contribution in [0.2, 0.25) is 0 Å². The van der Waals surface area contributed by atoms with Crippen molar-refractivity contribution >= 4 is 11.8 Å². The zero-order valence-electron chi connectivity index (χ0n) is 16.0. The Morgan fingerprint density at radius 2 is 1.92 bits per heavy atom. The average molecular weight is 351 g/mol. The average Bonchev–Trinajstić information content (AvgIpc) is 3.12. The van der Waals surface area contributed by atoms with Crippen LogP contribution >= 0.6 is 0 Å². The van der Waals surface area contributed by atoms with Crippen LogP contribution in [0.1, 0.15) is 43.7 Å². The van der Waals surface area contributed by atoms with Crippen LogP contribution in [0.15, 0.2) is 54.1 Å². The van der Waals surface area contributed by atoms with Crippen molar-refractivity contribution in [1.29, 1.82) is 0 Å². The maximum atomic E-state index is 5.94. The molecule has 0 unspecified atom stereocenters. The Morgan fingerprint density at radius 1 is 1.08 bits per heavy atom. The van der Waals surface area contributed by atoms with Gasteiger partial charge in [0, 0.05) is 6.54 Å². The summed E-state index contributed by atoms with van der Waals surface area (Å²) in [5, 5.41) is 2.20. The molecule has 0 spiro atoms. The lowest BCUT2D eigenvalue weighted by molar-refractivity contribution is 0.303. The summed E-state index contributed by atoms with van der Waals surface area (Å²) in [5.41, 5.74) is 8.50. The lowest BCUT2D eigenvalue weighted by Crippen LogP contribution is -2.30. The van der Waals surface area contributed by atoms with E-state index in [1.165, 1.54) is 41.6 Å². The zero-order valence-corrected chi connectivity index (χ0v) is 16.0. The summed E-state index contributed by atoms with van der Waals surface area (Å²) >= 11 is 0.